The quantitative estimate of drug-likeness (QED) is 0.489. The van der Waals surface area contributed by atoms with Gasteiger partial charge in [-0.25, -0.2) is 0 Å². The molecule has 1 atom stereocenters. The highest BCUT2D eigenvalue weighted by Gasteiger charge is 1.96. The van der Waals surface area contributed by atoms with E-state index >= 15 is 0 Å². The van der Waals surface area contributed by atoms with E-state index in [0.29, 0.717) is 5.92 Å². The second-order valence-electron chi connectivity index (χ2n) is 1.89. The zero-order chi connectivity index (χ0) is 6.57. The van der Waals surface area contributed by atoms with Gasteiger partial charge >= 0.3 is 0 Å². The largest absolute Gasteiger partial charge is 0.102 e. The summed E-state index contributed by atoms with van der Waals surface area (Å²) in [5.41, 5.74) is 1.14. The SMILES string of the molecule is C=CC(C)C(=C)[CH]C. The van der Waals surface area contributed by atoms with E-state index in [0.717, 1.165) is 5.57 Å². The molecule has 0 aliphatic carbocycles. The first-order valence-electron chi connectivity index (χ1n) is 2.83. The van der Waals surface area contributed by atoms with Crippen LogP contribution in [-0.4, -0.2) is 0 Å². The Balaban J connectivity index is 3.62. The number of rotatable bonds is 3. The van der Waals surface area contributed by atoms with E-state index in [2.05, 4.69) is 20.1 Å². The number of allylic oxidation sites excluding steroid dienone is 2. The molecule has 45 valence electrons. The molecule has 0 fully saturated rings. The van der Waals surface area contributed by atoms with E-state index in [-0.39, 0.29) is 0 Å². The molecule has 0 saturated heterocycles. The molecule has 0 N–H and O–H groups in total. The van der Waals surface area contributed by atoms with Gasteiger partial charge in [0.05, 0.1) is 0 Å². The smallest absolute Gasteiger partial charge is 0.00541 e. The molecule has 0 aromatic carbocycles. The van der Waals surface area contributed by atoms with Crippen molar-refractivity contribution in [3.05, 3.63) is 31.2 Å². The molecule has 0 aromatic rings. The van der Waals surface area contributed by atoms with E-state index in [1.54, 1.807) is 0 Å². The molecular formula is C8H13. The van der Waals surface area contributed by atoms with Gasteiger partial charge in [-0.1, -0.05) is 32.1 Å². The average Bonchev–Trinajstić information content (AvgIpc) is 1.84. The number of hydrogen-bond donors (Lipinski definition) is 0. The van der Waals surface area contributed by atoms with Crippen molar-refractivity contribution in [1.82, 2.24) is 0 Å². The van der Waals surface area contributed by atoms with Gasteiger partial charge in [0.1, 0.15) is 0 Å². The summed E-state index contributed by atoms with van der Waals surface area (Å²) in [7, 11) is 0. The highest BCUT2D eigenvalue weighted by atomic mass is 14.0. The Hall–Kier alpha value is -0.520. The summed E-state index contributed by atoms with van der Waals surface area (Å²) in [6.45, 7) is 11.5. The predicted octanol–water partition coefficient (Wildman–Crippen LogP) is 2.59. The molecule has 0 aromatic heterocycles. The zero-order valence-corrected chi connectivity index (χ0v) is 5.65. The van der Waals surface area contributed by atoms with Gasteiger partial charge in [0.2, 0.25) is 0 Å². The van der Waals surface area contributed by atoms with Crippen LogP contribution in [0.1, 0.15) is 13.8 Å². The monoisotopic (exact) mass is 109 g/mol. The molecule has 0 nitrogen and oxygen atoms in total. The summed E-state index contributed by atoms with van der Waals surface area (Å²) in [4.78, 5) is 0. The fraction of sp³-hybridized carbons (Fsp3) is 0.375. The highest BCUT2D eigenvalue weighted by Crippen LogP contribution is 2.10. The molecular weight excluding hydrogens is 96.1 g/mol. The van der Waals surface area contributed by atoms with Crippen LogP contribution in [-0.2, 0) is 0 Å². The van der Waals surface area contributed by atoms with Crippen LogP contribution in [0.15, 0.2) is 24.8 Å². The van der Waals surface area contributed by atoms with Crippen molar-refractivity contribution in [2.45, 2.75) is 13.8 Å². The molecule has 0 aliphatic heterocycles. The van der Waals surface area contributed by atoms with Gasteiger partial charge in [0.25, 0.3) is 0 Å². The van der Waals surface area contributed by atoms with Gasteiger partial charge in [-0.05, 0) is 12.3 Å². The molecule has 8 heavy (non-hydrogen) atoms. The van der Waals surface area contributed by atoms with E-state index < -0.39 is 0 Å². The molecule has 0 bridgehead atoms. The highest BCUT2D eigenvalue weighted by molar-refractivity contribution is 5.13. The minimum absolute atomic E-state index is 0.431. The Bertz CT molecular complexity index is 90.2. The van der Waals surface area contributed by atoms with Crippen molar-refractivity contribution in [2.75, 3.05) is 0 Å². The molecule has 0 amide bonds. The predicted molar refractivity (Wildman–Crippen MR) is 38.5 cm³/mol. The standard InChI is InChI=1S/C8H13/c1-5-7(3)8(4)6-2/h5-7H,1,4H2,2-3H3. The van der Waals surface area contributed by atoms with Crippen LogP contribution in [0.3, 0.4) is 0 Å². The van der Waals surface area contributed by atoms with Crippen LogP contribution in [0.4, 0.5) is 0 Å². The van der Waals surface area contributed by atoms with Crippen LogP contribution in [0.25, 0.3) is 0 Å². The minimum atomic E-state index is 0.431. The summed E-state index contributed by atoms with van der Waals surface area (Å²) in [5, 5.41) is 0. The molecule has 1 unspecified atom stereocenters. The Morgan fingerprint density at radius 3 is 2.25 bits per heavy atom. The van der Waals surface area contributed by atoms with Crippen LogP contribution in [0.5, 0.6) is 0 Å². The molecule has 0 heterocycles. The lowest BCUT2D eigenvalue weighted by Crippen LogP contribution is -1.90. The molecule has 0 rings (SSSR count). The van der Waals surface area contributed by atoms with E-state index in [1.807, 2.05) is 19.4 Å². The fourth-order valence-electron chi connectivity index (χ4n) is 0.414. The third-order valence-electron chi connectivity index (χ3n) is 1.31. The summed E-state index contributed by atoms with van der Waals surface area (Å²) in [6.07, 6.45) is 3.90. The molecule has 0 saturated carbocycles. The maximum absolute atomic E-state index is 3.82. The van der Waals surface area contributed by atoms with Crippen LogP contribution < -0.4 is 0 Å². The van der Waals surface area contributed by atoms with E-state index in [1.165, 1.54) is 0 Å². The van der Waals surface area contributed by atoms with Crippen molar-refractivity contribution in [2.24, 2.45) is 5.92 Å². The van der Waals surface area contributed by atoms with Gasteiger partial charge in [0, 0.05) is 0 Å². The van der Waals surface area contributed by atoms with Crippen molar-refractivity contribution >= 4 is 0 Å². The van der Waals surface area contributed by atoms with Crippen LogP contribution in [0.2, 0.25) is 0 Å². The first kappa shape index (κ1) is 7.48. The molecule has 0 spiro atoms. The van der Waals surface area contributed by atoms with Gasteiger partial charge in [-0.15, -0.1) is 6.58 Å². The van der Waals surface area contributed by atoms with Gasteiger partial charge < -0.3 is 0 Å². The Labute approximate surface area is 51.9 Å². The first-order valence-corrected chi connectivity index (χ1v) is 2.83. The van der Waals surface area contributed by atoms with Crippen molar-refractivity contribution in [1.29, 1.82) is 0 Å². The first-order chi connectivity index (χ1) is 3.72. The maximum atomic E-state index is 3.82. The lowest BCUT2D eigenvalue weighted by atomic mass is 10.0. The molecule has 1 radical (unpaired) electrons. The van der Waals surface area contributed by atoms with Gasteiger partial charge in [-0.2, -0.15) is 0 Å². The van der Waals surface area contributed by atoms with Gasteiger partial charge in [0.15, 0.2) is 0 Å². The normalized spacial score (nSPS) is 12.8. The fourth-order valence-corrected chi connectivity index (χ4v) is 0.414. The van der Waals surface area contributed by atoms with Crippen molar-refractivity contribution in [3.8, 4) is 0 Å². The second-order valence-corrected chi connectivity index (χ2v) is 1.89. The Morgan fingerprint density at radius 2 is 2.12 bits per heavy atom. The average molecular weight is 109 g/mol. The number of hydrogen-bond acceptors (Lipinski definition) is 0. The third-order valence-corrected chi connectivity index (χ3v) is 1.31. The maximum Gasteiger partial charge on any atom is -0.00541 e. The van der Waals surface area contributed by atoms with Crippen molar-refractivity contribution in [3.63, 3.8) is 0 Å². The van der Waals surface area contributed by atoms with E-state index in [4.69, 9.17) is 0 Å². The Morgan fingerprint density at radius 1 is 1.62 bits per heavy atom. The van der Waals surface area contributed by atoms with E-state index in [9.17, 15) is 0 Å². The molecule has 0 heteroatoms. The lowest BCUT2D eigenvalue weighted by Gasteiger charge is -2.04. The minimum Gasteiger partial charge on any atom is -0.102 e. The summed E-state index contributed by atoms with van der Waals surface area (Å²) in [5.74, 6) is 0.431. The van der Waals surface area contributed by atoms with Crippen molar-refractivity contribution < 1.29 is 0 Å². The zero-order valence-electron chi connectivity index (χ0n) is 5.65. The second kappa shape index (κ2) is 3.48. The van der Waals surface area contributed by atoms with Crippen LogP contribution >= 0.6 is 0 Å². The molecule has 0 aliphatic rings. The van der Waals surface area contributed by atoms with Gasteiger partial charge in [-0.3, -0.25) is 0 Å². The summed E-state index contributed by atoms with van der Waals surface area (Å²) < 4.78 is 0. The Kier molecular flexibility index (Phi) is 3.25. The lowest BCUT2D eigenvalue weighted by molar-refractivity contribution is 0.877. The summed E-state index contributed by atoms with van der Waals surface area (Å²) >= 11 is 0. The third kappa shape index (κ3) is 1.97. The topological polar surface area (TPSA) is 0 Å². The summed E-state index contributed by atoms with van der Waals surface area (Å²) in [6, 6.07) is 0. The van der Waals surface area contributed by atoms with Crippen LogP contribution in [0, 0.1) is 12.3 Å².